The zero-order chi connectivity index (χ0) is 13.9. The lowest BCUT2D eigenvalue weighted by Crippen LogP contribution is -2.35. The summed E-state index contributed by atoms with van der Waals surface area (Å²) in [4.78, 5) is 3.93. The van der Waals surface area contributed by atoms with Crippen LogP contribution in [0.1, 0.15) is 6.42 Å². The first-order valence-corrected chi connectivity index (χ1v) is 8.54. The topological polar surface area (TPSA) is 68.3 Å². The SMILES string of the molecule is CS(=O)(=O)C[C@@H](Oc1ccc(Cl)nc1)C1CCNC1. The van der Waals surface area contributed by atoms with E-state index >= 15 is 0 Å². The summed E-state index contributed by atoms with van der Waals surface area (Å²) >= 11 is 5.71. The molecule has 2 atom stereocenters. The molecule has 106 valence electrons. The van der Waals surface area contributed by atoms with Crippen molar-refractivity contribution in [2.45, 2.75) is 12.5 Å². The van der Waals surface area contributed by atoms with E-state index in [1.807, 2.05) is 0 Å². The lowest BCUT2D eigenvalue weighted by atomic mass is 10.0. The van der Waals surface area contributed by atoms with Gasteiger partial charge in [-0.3, -0.25) is 0 Å². The summed E-state index contributed by atoms with van der Waals surface area (Å²) in [6.45, 7) is 1.67. The van der Waals surface area contributed by atoms with Gasteiger partial charge in [-0.15, -0.1) is 0 Å². The number of rotatable bonds is 5. The van der Waals surface area contributed by atoms with Crippen LogP contribution in [0, 0.1) is 5.92 Å². The molecule has 1 aliphatic rings. The van der Waals surface area contributed by atoms with Crippen LogP contribution < -0.4 is 10.1 Å². The third-order valence-electron chi connectivity index (χ3n) is 3.08. The average Bonchev–Trinajstić information content (AvgIpc) is 2.83. The molecule has 1 aromatic heterocycles. The smallest absolute Gasteiger partial charge is 0.151 e. The fourth-order valence-electron chi connectivity index (χ4n) is 2.17. The molecule has 1 aromatic rings. The van der Waals surface area contributed by atoms with E-state index in [1.54, 1.807) is 12.1 Å². The first-order chi connectivity index (χ1) is 8.94. The van der Waals surface area contributed by atoms with Crippen LogP contribution in [-0.4, -0.2) is 44.6 Å². The minimum absolute atomic E-state index is 0.0158. The summed E-state index contributed by atoms with van der Waals surface area (Å²) in [6, 6.07) is 3.33. The summed E-state index contributed by atoms with van der Waals surface area (Å²) in [5.74, 6) is 0.762. The van der Waals surface area contributed by atoms with Crippen LogP contribution in [-0.2, 0) is 9.84 Å². The predicted molar refractivity (Wildman–Crippen MR) is 74.4 cm³/mol. The van der Waals surface area contributed by atoms with Crippen LogP contribution >= 0.6 is 11.6 Å². The molecule has 2 heterocycles. The number of hydrogen-bond acceptors (Lipinski definition) is 5. The second kappa shape index (κ2) is 6.07. The first kappa shape index (κ1) is 14.6. The van der Waals surface area contributed by atoms with Crippen molar-refractivity contribution in [3.05, 3.63) is 23.5 Å². The molecule has 0 spiro atoms. The van der Waals surface area contributed by atoms with Gasteiger partial charge in [0.2, 0.25) is 0 Å². The molecule has 2 rings (SSSR count). The first-order valence-electron chi connectivity index (χ1n) is 6.11. The van der Waals surface area contributed by atoms with Gasteiger partial charge in [-0.2, -0.15) is 0 Å². The maximum atomic E-state index is 11.5. The van der Waals surface area contributed by atoms with Gasteiger partial charge in [0, 0.05) is 18.7 Å². The maximum absolute atomic E-state index is 11.5. The van der Waals surface area contributed by atoms with Crippen molar-refractivity contribution < 1.29 is 13.2 Å². The molecule has 0 aromatic carbocycles. The van der Waals surface area contributed by atoms with E-state index in [4.69, 9.17) is 16.3 Å². The van der Waals surface area contributed by atoms with Crippen LogP contribution in [0.15, 0.2) is 18.3 Å². The van der Waals surface area contributed by atoms with Crippen molar-refractivity contribution >= 4 is 21.4 Å². The van der Waals surface area contributed by atoms with Crippen molar-refractivity contribution in [3.8, 4) is 5.75 Å². The van der Waals surface area contributed by atoms with Crippen molar-refractivity contribution in [2.75, 3.05) is 25.1 Å². The molecule has 19 heavy (non-hydrogen) atoms. The van der Waals surface area contributed by atoms with Crippen LogP contribution in [0.2, 0.25) is 5.15 Å². The quantitative estimate of drug-likeness (QED) is 0.826. The Hall–Kier alpha value is -0.850. The van der Waals surface area contributed by atoms with Gasteiger partial charge in [0.1, 0.15) is 17.0 Å². The summed E-state index contributed by atoms with van der Waals surface area (Å²) in [5.41, 5.74) is 0. The standard InChI is InChI=1S/C12H17ClN2O3S/c1-19(16,17)8-11(9-4-5-14-6-9)18-10-2-3-12(13)15-7-10/h2-3,7,9,11,14H,4-6,8H2,1H3/t9?,11-/m1/s1. The monoisotopic (exact) mass is 304 g/mol. The van der Waals surface area contributed by atoms with E-state index < -0.39 is 9.84 Å². The van der Waals surface area contributed by atoms with Gasteiger partial charge in [-0.25, -0.2) is 13.4 Å². The van der Waals surface area contributed by atoms with Crippen LogP contribution in [0.3, 0.4) is 0 Å². The van der Waals surface area contributed by atoms with Crippen molar-refractivity contribution in [2.24, 2.45) is 5.92 Å². The summed E-state index contributed by atoms with van der Waals surface area (Å²) in [7, 11) is -3.09. The summed E-state index contributed by atoms with van der Waals surface area (Å²) < 4.78 is 28.8. The number of sulfone groups is 1. The van der Waals surface area contributed by atoms with Crippen LogP contribution in [0.25, 0.3) is 0 Å². The lowest BCUT2D eigenvalue weighted by molar-refractivity contribution is 0.163. The van der Waals surface area contributed by atoms with E-state index in [0.29, 0.717) is 10.9 Å². The molecule has 7 heteroatoms. The van der Waals surface area contributed by atoms with Gasteiger partial charge >= 0.3 is 0 Å². The number of halogens is 1. The second-order valence-corrected chi connectivity index (χ2v) is 7.39. The Balaban J connectivity index is 2.10. The third-order valence-corrected chi connectivity index (χ3v) is 4.24. The molecule has 5 nitrogen and oxygen atoms in total. The minimum Gasteiger partial charge on any atom is -0.487 e. The number of hydrogen-bond donors (Lipinski definition) is 1. The van der Waals surface area contributed by atoms with E-state index in [1.165, 1.54) is 12.5 Å². The van der Waals surface area contributed by atoms with Crippen molar-refractivity contribution in [1.29, 1.82) is 0 Å². The predicted octanol–water partition coefficient (Wildman–Crippen LogP) is 1.14. The lowest BCUT2D eigenvalue weighted by Gasteiger charge is -2.23. The largest absolute Gasteiger partial charge is 0.487 e. The van der Waals surface area contributed by atoms with E-state index in [0.717, 1.165) is 19.5 Å². The van der Waals surface area contributed by atoms with Gasteiger partial charge in [0.25, 0.3) is 0 Å². The minimum atomic E-state index is -3.09. The molecule has 0 bridgehead atoms. The Morgan fingerprint density at radius 2 is 2.37 bits per heavy atom. The number of aromatic nitrogens is 1. The number of ether oxygens (including phenoxy) is 1. The highest BCUT2D eigenvalue weighted by molar-refractivity contribution is 7.90. The van der Waals surface area contributed by atoms with Gasteiger partial charge in [0.15, 0.2) is 9.84 Å². The number of pyridine rings is 1. The molecule has 1 N–H and O–H groups in total. The van der Waals surface area contributed by atoms with Gasteiger partial charge in [-0.05, 0) is 25.1 Å². The molecule has 1 saturated heterocycles. The fraction of sp³-hybridized carbons (Fsp3) is 0.583. The Morgan fingerprint density at radius 1 is 1.58 bits per heavy atom. The highest BCUT2D eigenvalue weighted by Gasteiger charge is 2.29. The summed E-state index contributed by atoms with van der Waals surface area (Å²) in [5, 5.41) is 3.61. The molecular weight excluding hydrogens is 288 g/mol. The van der Waals surface area contributed by atoms with Gasteiger partial charge in [0.05, 0.1) is 11.9 Å². The van der Waals surface area contributed by atoms with Gasteiger partial charge < -0.3 is 10.1 Å². The molecule has 1 unspecified atom stereocenters. The molecule has 1 aliphatic heterocycles. The zero-order valence-electron chi connectivity index (χ0n) is 10.7. The number of nitrogens with one attached hydrogen (secondary N) is 1. The van der Waals surface area contributed by atoms with Crippen LogP contribution in [0.4, 0.5) is 0 Å². The molecule has 1 fully saturated rings. The maximum Gasteiger partial charge on any atom is 0.151 e. The normalized spacial score (nSPS) is 21.3. The third kappa shape index (κ3) is 4.63. The average molecular weight is 305 g/mol. The highest BCUT2D eigenvalue weighted by Crippen LogP contribution is 2.21. The molecule has 0 amide bonds. The Morgan fingerprint density at radius 3 is 2.89 bits per heavy atom. The highest BCUT2D eigenvalue weighted by atomic mass is 35.5. The van der Waals surface area contributed by atoms with E-state index in [9.17, 15) is 8.42 Å². The zero-order valence-corrected chi connectivity index (χ0v) is 12.2. The molecular formula is C12H17ClN2O3S. The van der Waals surface area contributed by atoms with E-state index in [2.05, 4.69) is 10.3 Å². The van der Waals surface area contributed by atoms with Crippen molar-refractivity contribution in [1.82, 2.24) is 10.3 Å². The Labute approximate surface area is 118 Å². The molecule has 0 aliphatic carbocycles. The van der Waals surface area contributed by atoms with E-state index in [-0.39, 0.29) is 17.8 Å². The Kier molecular flexibility index (Phi) is 4.65. The summed E-state index contributed by atoms with van der Waals surface area (Å²) in [6.07, 6.45) is 3.31. The van der Waals surface area contributed by atoms with Gasteiger partial charge in [-0.1, -0.05) is 11.6 Å². The fourth-order valence-corrected chi connectivity index (χ4v) is 3.21. The van der Waals surface area contributed by atoms with Crippen molar-refractivity contribution in [3.63, 3.8) is 0 Å². The molecule has 0 radical (unpaired) electrons. The van der Waals surface area contributed by atoms with Crippen LogP contribution in [0.5, 0.6) is 5.75 Å². The molecule has 0 saturated carbocycles. The number of nitrogens with zero attached hydrogens (tertiary/aromatic N) is 1. The second-order valence-electron chi connectivity index (χ2n) is 4.82. The Bertz CT molecular complexity index is 512.